The number of nitro groups is 1. The Kier molecular flexibility index (Phi) is 5.33. The first-order valence-electron chi connectivity index (χ1n) is 6.57. The number of carbonyl (C=O) groups excluding carboxylic acids is 2. The Labute approximate surface area is 140 Å². The number of aromatic hydroxyl groups is 1. The minimum Gasteiger partial charge on any atom is -0.507 e. The second kappa shape index (κ2) is 7.42. The summed E-state index contributed by atoms with van der Waals surface area (Å²) in [7, 11) is 0. The maximum absolute atomic E-state index is 11.8. The van der Waals surface area contributed by atoms with Crippen LogP contribution in [0.3, 0.4) is 0 Å². The van der Waals surface area contributed by atoms with Gasteiger partial charge in [0.25, 0.3) is 11.6 Å². The lowest BCUT2D eigenvalue weighted by Gasteiger charge is -2.08. The lowest BCUT2D eigenvalue weighted by atomic mass is 10.2. The van der Waals surface area contributed by atoms with E-state index >= 15 is 0 Å². The summed E-state index contributed by atoms with van der Waals surface area (Å²) in [6.45, 7) is -0.684. The Hall–Kier alpha value is -3.13. The molecule has 0 aromatic heterocycles. The topological polar surface area (TPSA) is 119 Å². The number of halogens is 1. The minimum absolute atomic E-state index is 0.0981. The maximum Gasteiger partial charge on any atom is 0.342 e. The fourth-order valence-corrected chi connectivity index (χ4v) is 1.98. The van der Waals surface area contributed by atoms with E-state index in [0.717, 1.165) is 6.07 Å². The molecule has 2 aromatic rings. The van der Waals surface area contributed by atoms with Gasteiger partial charge in [-0.1, -0.05) is 23.7 Å². The van der Waals surface area contributed by atoms with E-state index in [2.05, 4.69) is 5.32 Å². The molecule has 0 aliphatic rings. The van der Waals surface area contributed by atoms with E-state index in [9.17, 15) is 24.8 Å². The van der Waals surface area contributed by atoms with Crippen LogP contribution >= 0.6 is 11.6 Å². The zero-order valence-corrected chi connectivity index (χ0v) is 12.8. The second-order valence-electron chi connectivity index (χ2n) is 4.56. The highest BCUT2D eigenvalue weighted by atomic mass is 35.5. The molecular weight excluding hydrogens is 340 g/mol. The van der Waals surface area contributed by atoms with Crippen LogP contribution in [-0.4, -0.2) is 28.5 Å². The van der Waals surface area contributed by atoms with E-state index in [1.54, 1.807) is 0 Å². The number of phenolic OH excluding ortho intramolecular Hbond substituents is 1. The molecule has 2 rings (SSSR count). The van der Waals surface area contributed by atoms with Crippen molar-refractivity contribution in [3.05, 3.63) is 63.2 Å². The molecule has 0 radical (unpaired) electrons. The number of anilines is 1. The summed E-state index contributed by atoms with van der Waals surface area (Å²) >= 11 is 5.74. The summed E-state index contributed by atoms with van der Waals surface area (Å²) in [5, 5.41) is 22.9. The first kappa shape index (κ1) is 17.2. The largest absolute Gasteiger partial charge is 0.507 e. The number of para-hydroxylation sites is 1. The lowest BCUT2D eigenvalue weighted by Crippen LogP contribution is -2.21. The Balaban J connectivity index is 2.02. The Bertz CT molecular complexity index is 808. The third kappa shape index (κ3) is 4.20. The number of hydrogen-bond donors (Lipinski definition) is 2. The van der Waals surface area contributed by atoms with Gasteiger partial charge in [0.1, 0.15) is 17.0 Å². The number of phenols is 1. The molecule has 0 aliphatic heterocycles. The van der Waals surface area contributed by atoms with Crippen LogP contribution in [0.4, 0.5) is 11.4 Å². The molecule has 9 heteroatoms. The fourth-order valence-electron chi connectivity index (χ4n) is 1.81. The van der Waals surface area contributed by atoms with Crippen molar-refractivity contribution in [1.82, 2.24) is 0 Å². The molecule has 0 saturated carbocycles. The number of nitro benzene ring substituents is 1. The molecule has 8 nitrogen and oxygen atoms in total. The third-order valence-electron chi connectivity index (χ3n) is 2.89. The van der Waals surface area contributed by atoms with Crippen LogP contribution < -0.4 is 5.32 Å². The smallest absolute Gasteiger partial charge is 0.342 e. The van der Waals surface area contributed by atoms with Gasteiger partial charge in [-0.3, -0.25) is 14.9 Å². The van der Waals surface area contributed by atoms with Crippen molar-refractivity contribution in [2.45, 2.75) is 0 Å². The zero-order chi connectivity index (χ0) is 17.7. The van der Waals surface area contributed by atoms with Crippen molar-refractivity contribution >= 4 is 34.9 Å². The molecule has 0 aliphatic carbocycles. The highest BCUT2D eigenvalue weighted by Gasteiger charge is 2.18. The van der Waals surface area contributed by atoms with E-state index in [4.69, 9.17) is 16.3 Å². The summed E-state index contributed by atoms with van der Waals surface area (Å²) in [5.74, 6) is -1.97. The molecule has 0 saturated heterocycles. The van der Waals surface area contributed by atoms with E-state index in [0.29, 0.717) is 0 Å². The molecular formula is C15H11ClN2O6. The summed E-state index contributed by atoms with van der Waals surface area (Å²) < 4.78 is 4.76. The molecule has 0 heterocycles. The summed E-state index contributed by atoms with van der Waals surface area (Å²) in [6.07, 6.45) is 0. The molecule has 0 bridgehead atoms. The number of ether oxygens (including phenoxy) is 1. The SMILES string of the molecule is O=C(COC(=O)c1ccccc1O)Nc1cc(Cl)ccc1[N+](=O)[O-]. The molecule has 1 amide bonds. The van der Waals surface area contributed by atoms with Gasteiger partial charge < -0.3 is 15.2 Å². The fraction of sp³-hybridized carbons (Fsp3) is 0.0667. The number of nitrogens with one attached hydrogen (secondary N) is 1. The van der Waals surface area contributed by atoms with Crippen molar-refractivity contribution in [3.8, 4) is 5.75 Å². The van der Waals surface area contributed by atoms with Crippen LogP contribution in [0.25, 0.3) is 0 Å². The normalized spacial score (nSPS) is 10.0. The van der Waals surface area contributed by atoms with Gasteiger partial charge >= 0.3 is 5.97 Å². The molecule has 2 N–H and O–H groups in total. The van der Waals surface area contributed by atoms with E-state index < -0.39 is 23.4 Å². The highest BCUT2D eigenvalue weighted by molar-refractivity contribution is 6.31. The first-order chi connectivity index (χ1) is 11.4. The number of carbonyl (C=O) groups is 2. The predicted molar refractivity (Wildman–Crippen MR) is 85.1 cm³/mol. The summed E-state index contributed by atoms with van der Waals surface area (Å²) in [6, 6.07) is 9.34. The molecule has 24 heavy (non-hydrogen) atoms. The number of esters is 1. The van der Waals surface area contributed by atoms with Gasteiger partial charge in [0.2, 0.25) is 0 Å². The summed E-state index contributed by atoms with van der Waals surface area (Å²) in [5.41, 5.74) is -0.560. The van der Waals surface area contributed by atoms with Crippen LogP contribution in [0.1, 0.15) is 10.4 Å². The number of benzene rings is 2. The minimum atomic E-state index is -0.899. The Morgan fingerprint density at radius 3 is 2.62 bits per heavy atom. The Morgan fingerprint density at radius 2 is 1.96 bits per heavy atom. The first-order valence-corrected chi connectivity index (χ1v) is 6.95. The molecule has 0 unspecified atom stereocenters. The molecule has 124 valence electrons. The van der Waals surface area contributed by atoms with Crippen molar-refractivity contribution in [2.24, 2.45) is 0 Å². The van der Waals surface area contributed by atoms with Crippen molar-refractivity contribution < 1.29 is 24.4 Å². The second-order valence-corrected chi connectivity index (χ2v) is 5.00. The van der Waals surface area contributed by atoms with Crippen LogP contribution in [-0.2, 0) is 9.53 Å². The monoisotopic (exact) mass is 350 g/mol. The van der Waals surface area contributed by atoms with Crippen LogP contribution in [0, 0.1) is 10.1 Å². The van der Waals surface area contributed by atoms with Gasteiger partial charge in [0.05, 0.1) is 4.92 Å². The van der Waals surface area contributed by atoms with Gasteiger partial charge in [-0.05, 0) is 24.3 Å². The van der Waals surface area contributed by atoms with Gasteiger partial charge in [-0.15, -0.1) is 0 Å². The number of nitrogens with zero attached hydrogens (tertiary/aromatic N) is 1. The standard InChI is InChI=1S/C15H11ClN2O6/c16-9-5-6-12(18(22)23)11(7-9)17-14(20)8-24-15(21)10-3-1-2-4-13(10)19/h1-7,19H,8H2,(H,17,20). The number of rotatable bonds is 5. The molecule has 0 atom stereocenters. The quantitative estimate of drug-likeness (QED) is 0.486. The zero-order valence-electron chi connectivity index (χ0n) is 12.1. The van der Waals surface area contributed by atoms with Gasteiger partial charge in [0.15, 0.2) is 6.61 Å². The van der Waals surface area contributed by atoms with E-state index in [1.807, 2.05) is 0 Å². The number of hydrogen-bond acceptors (Lipinski definition) is 6. The predicted octanol–water partition coefficient (Wildman–Crippen LogP) is 2.75. The van der Waals surface area contributed by atoms with E-state index in [1.165, 1.54) is 36.4 Å². The molecule has 0 fully saturated rings. The van der Waals surface area contributed by atoms with Crippen LogP contribution in [0.15, 0.2) is 42.5 Å². The average molecular weight is 351 g/mol. The van der Waals surface area contributed by atoms with Gasteiger partial charge in [-0.25, -0.2) is 4.79 Å². The van der Waals surface area contributed by atoms with Crippen molar-refractivity contribution in [3.63, 3.8) is 0 Å². The number of amides is 1. The maximum atomic E-state index is 11.8. The Morgan fingerprint density at radius 1 is 1.25 bits per heavy atom. The summed E-state index contributed by atoms with van der Waals surface area (Å²) in [4.78, 5) is 33.8. The van der Waals surface area contributed by atoms with Crippen molar-refractivity contribution in [1.29, 1.82) is 0 Å². The molecule has 2 aromatic carbocycles. The highest BCUT2D eigenvalue weighted by Crippen LogP contribution is 2.27. The lowest BCUT2D eigenvalue weighted by molar-refractivity contribution is -0.383. The molecule has 0 spiro atoms. The third-order valence-corrected chi connectivity index (χ3v) is 3.12. The van der Waals surface area contributed by atoms with Crippen molar-refractivity contribution in [2.75, 3.05) is 11.9 Å². The van der Waals surface area contributed by atoms with Crippen LogP contribution in [0.2, 0.25) is 5.02 Å². The van der Waals surface area contributed by atoms with Gasteiger partial charge in [0, 0.05) is 11.1 Å². The van der Waals surface area contributed by atoms with E-state index in [-0.39, 0.29) is 27.7 Å². The van der Waals surface area contributed by atoms with Gasteiger partial charge in [-0.2, -0.15) is 0 Å². The van der Waals surface area contributed by atoms with Crippen LogP contribution in [0.5, 0.6) is 5.75 Å². The average Bonchev–Trinajstić information content (AvgIpc) is 2.53.